The van der Waals surface area contributed by atoms with Crippen LogP contribution in [0.4, 0.5) is 0 Å². The van der Waals surface area contributed by atoms with Gasteiger partial charge in [0.05, 0.1) is 6.26 Å². The van der Waals surface area contributed by atoms with Gasteiger partial charge in [-0.05, 0) is 35.0 Å². The molecule has 2 nitrogen and oxygen atoms in total. The van der Waals surface area contributed by atoms with Crippen LogP contribution in [0, 0.1) is 0 Å². The Balaban J connectivity index is 2.00. The number of fused-ring (bicyclic) bond motifs is 1. The molecule has 1 atom stereocenters. The van der Waals surface area contributed by atoms with Gasteiger partial charge in [0.2, 0.25) is 0 Å². The van der Waals surface area contributed by atoms with E-state index in [0.29, 0.717) is 0 Å². The van der Waals surface area contributed by atoms with Gasteiger partial charge in [0.15, 0.2) is 0 Å². The molecule has 0 spiro atoms. The number of furan rings is 1. The molecule has 0 radical (unpaired) electrons. The quantitative estimate of drug-likeness (QED) is 0.743. The number of hydrogen-bond acceptors (Lipinski definition) is 2. The van der Waals surface area contributed by atoms with Crippen LogP contribution in [0.3, 0.4) is 0 Å². The molecule has 102 valence electrons. The summed E-state index contributed by atoms with van der Waals surface area (Å²) in [4.78, 5) is 0. The fraction of sp³-hybridized carbons (Fsp3) is 0.222. The summed E-state index contributed by atoms with van der Waals surface area (Å²) >= 11 is 0. The smallest absolute Gasteiger partial charge is 0.105 e. The predicted octanol–water partition coefficient (Wildman–Crippen LogP) is 4.33. The Morgan fingerprint density at radius 2 is 1.85 bits per heavy atom. The lowest BCUT2D eigenvalue weighted by molar-refractivity contribution is 0.456. The molecule has 0 aliphatic rings. The van der Waals surface area contributed by atoms with E-state index < -0.39 is 0 Å². The molecule has 0 aliphatic carbocycles. The number of benzene rings is 2. The highest BCUT2D eigenvalue weighted by Crippen LogP contribution is 2.26. The van der Waals surface area contributed by atoms with E-state index >= 15 is 0 Å². The van der Waals surface area contributed by atoms with Crippen LogP contribution in [0.15, 0.2) is 65.3 Å². The van der Waals surface area contributed by atoms with Gasteiger partial charge in [0, 0.05) is 12.5 Å². The fourth-order valence-electron chi connectivity index (χ4n) is 2.72. The van der Waals surface area contributed by atoms with Gasteiger partial charge in [-0.3, -0.25) is 0 Å². The van der Waals surface area contributed by atoms with Crippen molar-refractivity contribution in [1.82, 2.24) is 5.32 Å². The highest BCUT2D eigenvalue weighted by Gasteiger charge is 2.15. The first-order valence-electron chi connectivity index (χ1n) is 7.12. The van der Waals surface area contributed by atoms with Crippen molar-refractivity contribution in [2.45, 2.75) is 19.4 Å². The van der Waals surface area contributed by atoms with Gasteiger partial charge in [0.25, 0.3) is 0 Å². The first kappa shape index (κ1) is 12.9. The van der Waals surface area contributed by atoms with Crippen LogP contribution < -0.4 is 5.32 Å². The standard InChI is InChI=1S/C18H19NO/c1-2-19-18(13-15-9-6-12-20-15)17-11-5-8-14-7-3-4-10-16(14)17/h3-12,18-19H,2,13H2,1H3. The third-order valence-corrected chi connectivity index (χ3v) is 3.63. The molecule has 0 fully saturated rings. The Labute approximate surface area is 119 Å². The van der Waals surface area contributed by atoms with Crippen molar-refractivity contribution in [3.8, 4) is 0 Å². The van der Waals surface area contributed by atoms with Crippen LogP contribution in [0.2, 0.25) is 0 Å². The molecule has 1 aromatic heterocycles. The van der Waals surface area contributed by atoms with Gasteiger partial charge in [0.1, 0.15) is 5.76 Å². The van der Waals surface area contributed by atoms with E-state index in [1.165, 1.54) is 16.3 Å². The summed E-state index contributed by atoms with van der Waals surface area (Å²) in [6, 6.07) is 19.3. The van der Waals surface area contributed by atoms with E-state index in [1.54, 1.807) is 6.26 Å². The summed E-state index contributed by atoms with van der Waals surface area (Å²) in [6.45, 7) is 3.08. The van der Waals surface area contributed by atoms with Crippen LogP contribution in [0.1, 0.15) is 24.3 Å². The first-order chi connectivity index (χ1) is 9.88. The van der Waals surface area contributed by atoms with Gasteiger partial charge in [-0.1, -0.05) is 49.4 Å². The van der Waals surface area contributed by atoms with Crippen molar-refractivity contribution >= 4 is 10.8 Å². The van der Waals surface area contributed by atoms with E-state index in [-0.39, 0.29) is 6.04 Å². The lowest BCUT2D eigenvalue weighted by atomic mass is 9.96. The molecular weight excluding hydrogens is 246 g/mol. The van der Waals surface area contributed by atoms with Crippen molar-refractivity contribution in [3.05, 3.63) is 72.2 Å². The van der Waals surface area contributed by atoms with Gasteiger partial charge in [-0.2, -0.15) is 0 Å². The maximum absolute atomic E-state index is 5.50. The zero-order chi connectivity index (χ0) is 13.8. The molecule has 0 amide bonds. The Morgan fingerprint density at radius 3 is 2.65 bits per heavy atom. The highest BCUT2D eigenvalue weighted by atomic mass is 16.3. The van der Waals surface area contributed by atoms with Gasteiger partial charge in [-0.25, -0.2) is 0 Å². The Hall–Kier alpha value is -2.06. The summed E-state index contributed by atoms with van der Waals surface area (Å²) < 4.78 is 5.50. The Bertz CT molecular complexity index is 667. The van der Waals surface area contributed by atoms with Crippen LogP contribution in [0.5, 0.6) is 0 Å². The molecule has 0 saturated heterocycles. The van der Waals surface area contributed by atoms with Crippen molar-refractivity contribution in [2.24, 2.45) is 0 Å². The summed E-state index contributed by atoms with van der Waals surface area (Å²) in [5.41, 5.74) is 1.33. The number of rotatable bonds is 5. The van der Waals surface area contributed by atoms with Gasteiger partial charge >= 0.3 is 0 Å². The summed E-state index contributed by atoms with van der Waals surface area (Å²) in [6.07, 6.45) is 2.61. The lowest BCUT2D eigenvalue weighted by Gasteiger charge is -2.19. The normalized spacial score (nSPS) is 12.7. The minimum Gasteiger partial charge on any atom is -0.469 e. The maximum atomic E-state index is 5.50. The zero-order valence-electron chi connectivity index (χ0n) is 11.7. The second-order valence-electron chi connectivity index (χ2n) is 4.96. The molecule has 2 aromatic carbocycles. The van der Waals surface area contributed by atoms with E-state index in [4.69, 9.17) is 4.42 Å². The molecule has 20 heavy (non-hydrogen) atoms. The largest absolute Gasteiger partial charge is 0.469 e. The average Bonchev–Trinajstić information content (AvgIpc) is 2.99. The minimum atomic E-state index is 0.275. The average molecular weight is 265 g/mol. The third kappa shape index (κ3) is 2.61. The predicted molar refractivity (Wildman–Crippen MR) is 82.8 cm³/mol. The molecule has 3 rings (SSSR count). The zero-order valence-corrected chi connectivity index (χ0v) is 11.7. The van der Waals surface area contributed by atoms with E-state index in [2.05, 4.69) is 54.7 Å². The number of nitrogens with one attached hydrogen (secondary N) is 1. The molecule has 0 saturated carbocycles. The summed E-state index contributed by atoms with van der Waals surface area (Å²) in [5, 5.41) is 6.17. The second kappa shape index (κ2) is 5.93. The molecule has 0 aliphatic heterocycles. The molecule has 1 heterocycles. The second-order valence-corrected chi connectivity index (χ2v) is 4.96. The molecule has 3 aromatic rings. The first-order valence-corrected chi connectivity index (χ1v) is 7.12. The molecule has 1 unspecified atom stereocenters. The summed E-state index contributed by atoms with van der Waals surface area (Å²) in [7, 11) is 0. The molecule has 2 heteroatoms. The van der Waals surface area contributed by atoms with Crippen LogP contribution in [-0.4, -0.2) is 6.54 Å². The van der Waals surface area contributed by atoms with Crippen molar-refractivity contribution in [2.75, 3.05) is 6.54 Å². The van der Waals surface area contributed by atoms with E-state index in [9.17, 15) is 0 Å². The molecular formula is C18H19NO. The van der Waals surface area contributed by atoms with Crippen LogP contribution in [-0.2, 0) is 6.42 Å². The Kier molecular flexibility index (Phi) is 3.84. The fourth-order valence-corrected chi connectivity index (χ4v) is 2.72. The summed E-state index contributed by atoms with van der Waals surface area (Å²) in [5.74, 6) is 1.02. The molecule has 0 bridgehead atoms. The van der Waals surface area contributed by atoms with E-state index in [1.807, 2.05) is 12.1 Å². The monoisotopic (exact) mass is 265 g/mol. The highest BCUT2D eigenvalue weighted by molar-refractivity contribution is 5.86. The van der Waals surface area contributed by atoms with Crippen molar-refractivity contribution in [3.63, 3.8) is 0 Å². The van der Waals surface area contributed by atoms with Crippen LogP contribution in [0.25, 0.3) is 10.8 Å². The molecule has 1 N–H and O–H groups in total. The number of hydrogen-bond donors (Lipinski definition) is 1. The lowest BCUT2D eigenvalue weighted by Crippen LogP contribution is -2.23. The van der Waals surface area contributed by atoms with Crippen molar-refractivity contribution < 1.29 is 4.42 Å². The topological polar surface area (TPSA) is 25.2 Å². The van der Waals surface area contributed by atoms with Gasteiger partial charge in [-0.15, -0.1) is 0 Å². The van der Waals surface area contributed by atoms with Crippen molar-refractivity contribution in [1.29, 1.82) is 0 Å². The van der Waals surface area contributed by atoms with E-state index in [0.717, 1.165) is 18.7 Å². The Morgan fingerprint density at radius 1 is 1.00 bits per heavy atom. The third-order valence-electron chi connectivity index (χ3n) is 3.63. The SMILES string of the molecule is CCNC(Cc1ccco1)c1cccc2ccccc12. The maximum Gasteiger partial charge on any atom is 0.105 e. The van der Waals surface area contributed by atoms with Gasteiger partial charge < -0.3 is 9.73 Å². The van der Waals surface area contributed by atoms with Crippen LogP contribution >= 0.6 is 0 Å². The number of likely N-dealkylation sites (N-methyl/N-ethyl adjacent to an activating group) is 1. The minimum absolute atomic E-state index is 0.275.